The molecule has 1 aliphatic heterocycles. The zero-order chi connectivity index (χ0) is 19.7. The standard InChI is InChI=1S/C20H22N4O2S2/c1-13-11-14(24-8-3-4-9-24)5-6-15(13)21-17(25)12-28-20-22-16-7-10-27-18(16)19(26)23(20)2/h5-7,10-11H,3-4,8-9,12H2,1-2H3,(H,21,25). The maximum absolute atomic E-state index is 12.4. The number of aromatic nitrogens is 2. The number of carbonyl (C=O) groups is 1. The van der Waals surface area contributed by atoms with E-state index in [1.807, 2.05) is 24.4 Å². The quantitative estimate of drug-likeness (QED) is 0.510. The fraction of sp³-hybridized carbons (Fsp3) is 0.350. The minimum Gasteiger partial charge on any atom is -0.372 e. The molecule has 1 aliphatic rings. The number of nitrogens with zero attached hydrogens (tertiary/aromatic N) is 3. The van der Waals surface area contributed by atoms with E-state index in [9.17, 15) is 9.59 Å². The van der Waals surface area contributed by atoms with Crippen LogP contribution in [0, 0.1) is 6.92 Å². The van der Waals surface area contributed by atoms with Crippen molar-refractivity contribution in [3.05, 3.63) is 45.6 Å². The summed E-state index contributed by atoms with van der Waals surface area (Å²) in [5.41, 5.74) is 3.70. The smallest absolute Gasteiger partial charge is 0.271 e. The Hall–Kier alpha value is -2.32. The van der Waals surface area contributed by atoms with Gasteiger partial charge in [-0.25, -0.2) is 4.98 Å². The maximum Gasteiger partial charge on any atom is 0.271 e. The Balaban J connectivity index is 1.42. The van der Waals surface area contributed by atoms with E-state index in [1.54, 1.807) is 7.05 Å². The van der Waals surface area contributed by atoms with Crippen LogP contribution in [0.25, 0.3) is 10.2 Å². The van der Waals surface area contributed by atoms with Crippen LogP contribution in [0.3, 0.4) is 0 Å². The lowest BCUT2D eigenvalue weighted by atomic mass is 10.1. The zero-order valence-corrected chi connectivity index (χ0v) is 17.5. The number of hydrogen-bond donors (Lipinski definition) is 1. The second-order valence-electron chi connectivity index (χ2n) is 6.92. The first-order valence-electron chi connectivity index (χ1n) is 9.25. The van der Waals surface area contributed by atoms with E-state index in [0.717, 1.165) is 24.3 Å². The highest BCUT2D eigenvalue weighted by molar-refractivity contribution is 7.99. The molecule has 4 rings (SSSR count). The molecule has 8 heteroatoms. The van der Waals surface area contributed by atoms with Gasteiger partial charge in [0.25, 0.3) is 5.56 Å². The van der Waals surface area contributed by atoms with Crippen molar-refractivity contribution in [2.75, 3.05) is 29.1 Å². The first-order chi connectivity index (χ1) is 13.5. The number of aryl methyl sites for hydroxylation is 1. The highest BCUT2D eigenvalue weighted by atomic mass is 32.2. The normalized spacial score (nSPS) is 14.0. The number of amides is 1. The summed E-state index contributed by atoms with van der Waals surface area (Å²) in [7, 11) is 1.69. The summed E-state index contributed by atoms with van der Waals surface area (Å²) in [6.07, 6.45) is 2.48. The van der Waals surface area contributed by atoms with Crippen LogP contribution >= 0.6 is 23.1 Å². The van der Waals surface area contributed by atoms with E-state index in [4.69, 9.17) is 0 Å². The molecule has 146 valence electrons. The van der Waals surface area contributed by atoms with Gasteiger partial charge in [0, 0.05) is 31.5 Å². The molecule has 1 amide bonds. The third kappa shape index (κ3) is 3.79. The third-order valence-electron chi connectivity index (χ3n) is 4.93. The first kappa shape index (κ1) is 19.0. The average Bonchev–Trinajstić information content (AvgIpc) is 3.37. The maximum atomic E-state index is 12.4. The average molecular weight is 415 g/mol. The molecule has 1 saturated heterocycles. The van der Waals surface area contributed by atoms with Crippen molar-refractivity contribution in [1.82, 2.24) is 9.55 Å². The van der Waals surface area contributed by atoms with Gasteiger partial charge in [-0.3, -0.25) is 14.2 Å². The molecule has 1 fully saturated rings. The molecular weight excluding hydrogens is 392 g/mol. The number of carbonyl (C=O) groups excluding carboxylic acids is 1. The van der Waals surface area contributed by atoms with E-state index in [1.165, 1.54) is 46.2 Å². The molecule has 0 unspecified atom stereocenters. The van der Waals surface area contributed by atoms with Gasteiger partial charge in [0.05, 0.1) is 11.3 Å². The largest absolute Gasteiger partial charge is 0.372 e. The first-order valence-corrected chi connectivity index (χ1v) is 11.1. The Morgan fingerprint density at radius 3 is 2.82 bits per heavy atom. The minimum atomic E-state index is -0.110. The lowest BCUT2D eigenvalue weighted by molar-refractivity contribution is -0.113. The summed E-state index contributed by atoms with van der Waals surface area (Å²) in [5.74, 6) is 0.0881. The summed E-state index contributed by atoms with van der Waals surface area (Å²) in [5, 5.41) is 5.38. The molecule has 3 heterocycles. The van der Waals surface area contributed by atoms with E-state index >= 15 is 0 Å². The third-order valence-corrected chi connectivity index (χ3v) is 6.86. The van der Waals surface area contributed by atoms with Crippen LogP contribution in [0.15, 0.2) is 39.6 Å². The summed E-state index contributed by atoms with van der Waals surface area (Å²) in [6.45, 7) is 4.21. The zero-order valence-electron chi connectivity index (χ0n) is 15.9. The fourth-order valence-corrected chi connectivity index (χ4v) is 4.95. The number of fused-ring (bicyclic) bond motifs is 1. The summed E-state index contributed by atoms with van der Waals surface area (Å²) in [6, 6.07) is 7.99. The van der Waals surface area contributed by atoms with Crippen molar-refractivity contribution in [2.24, 2.45) is 7.05 Å². The Labute approximate surface area is 171 Å². The summed E-state index contributed by atoms with van der Waals surface area (Å²) in [4.78, 5) is 31.7. The van der Waals surface area contributed by atoms with E-state index in [2.05, 4.69) is 27.3 Å². The highest BCUT2D eigenvalue weighted by Crippen LogP contribution is 2.26. The van der Waals surface area contributed by atoms with E-state index < -0.39 is 0 Å². The number of thioether (sulfide) groups is 1. The van der Waals surface area contributed by atoms with Crippen LogP contribution < -0.4 is 15.8 Å². The van der Waals surface area contributed by atoms with Gasteiger partial charge in [-0.15, -0.1) is 11.3 Å². The van der Waals surface area contributed by atoms with Crippen LogP contribution in [0.1, 0.15) is 18.4 Å². The molecule has 3 aromatic rings. The number of thiophene rings is 1. The monoisotopic (exact) mass is 414 g/mol. The fourth-order valence-electron chi connectivity index (χ4n) is 3.37. The molecule has 28 heavy (non-hydrogen) atoms. The number of benzene rings is 1. The number of nitrogens with one attached hydrogen (secondary N) is 1. The molecule has 0 saturated carbocycles. The van der Waals surface area contributed by atoms with Gasteiger partial charge in [0.1, 0.15) is 4.70 Å². The van der Waals surface area contributed by atoms with Crippen LogP contribution in [0.2, 0.25) is 0 Å². The molecule has 1 N–H and O–H groups in total. The number of hydrogen-bond acceptors (Lipinski definition) is 6. The molecular formula is C20H22N4O2S2. The van der Waals surface area contributed by atoms with Crippen molar-refractivity contribution in [3.63, 3.8) is 0 Å². The Morgan fingerprint density at radius 1 is 1.29 bits per heavy atom. The summed E-state index contributed by atoms with van der Waals surface area (Å²) < 4.78 is 2.15. The van der Waals surface area contributed by atoms with Crippen molar-refractivity contribution < 1.29 is 4.79 Å². The second-order valence-corrected chi connectivity index (χ2v) is 8.78. The van der Waals surface area contributed by atoms with Gasteiger partial charge in [0.15, 0.2) is 5.16 Å². The topological polar surface area (TPSA) is 67.2 Å². The van der Waals surface area contributed by atoms with Gasteiger partial charge in [-0.05, 0) is 55.0 Å². The van der Waals surface area contributed by atoms with E-state index in [-0.39, 0.29) is 17.2 Å². The van der Waals surface area contributed by atoms with Gasteiger partial charge >= 0.3 is 0 Å². The Morgan fingerprint density at radius 2 is 2.07 bits per heavy atom. The lowest BCUT2D eigenvalue weighted by Gasteiger charge is -2.19. The van der Waals surface area contributed by atoms with Crippen LogP contribution in [-0.2, 0) is 11.8 Å². The van der Waals surface area contributed by atoms with Crippen molar-refractivity contribution >= 4 is 50.6 Å². The lowest BCUT2D eigenvalue weighted by Crippen LogP contribution is -2.21. The van der Waals surface area contributed by atoms with Gasteiger partial charge < -0.3 is 10.2 Å². The molecule has 6 nitrogen and oxygen atoms in total. The molecule has 1 aromatic carbocycles. The molecule has 2 aromatic heterocycles. The van der Waals surface area contributed by atoms with Crippen LogP contribution in [0.5, 0.6) is 0 Å². The molecule has 0 radical (unpaired) electrons. The Bertz CT molecular complexity index is 1080. The number of anilines is 2. The predicted octanol–water partition coefficient (Wildman–Crippen LogP) is 3.63. The minimum absolute atomic E-state index is 0.0729. The van der Waals surface area contributed by atoms with Crippen molar-refractivity contribution in [2.45, 2.75) is 24.9 Å². The van der Waals surface area contributed by atoms with Gasteiger partial charge in [-0.2, -0.15) is 0 Å². The van der Waals surface area contributed by atoms with E-state index in [0.29, 0.717) is 15.4 Å². The van der Waals surface area contributed by atoms with Gasteiger partial charge in [0.2, 0.25) is 5.91 Å². The molecule has 0 atom stereocenters. The molecule has 0 bridgehead atoms. The number of rotatable bonds is 5. The molecule has 0 aliphatic carbocycles. The SMILES string of the molecule is Cc1cc(N2CCCC2)ccc1NC(=O)CSc1nc2ccsc2c(=O)n1C. The van der Waals surface area contributed by atoms with Crippen molar-refractivity contribution in [3.8, 4) is 0 Å². The van der Waals surface area contributed by atoms with Gasteiger partial charge in [-0.1, -0.05) is 11.8 Å². The summed E-state index contributed by atoms with van der Waals surface area (Å²) >= 11 is 2.66. The van der Waals surface area contributed by atoms with Crippen molar-refractivity contribution in [1.29, 1.82) is 0 Å². The van der Waals surface area contributed by atoms with Crippen LogP contribution in [0.4, 0.5) is 11.4 Å². The molecule has 0 spiro atoms. The Kier molecular flexibility index (Phi) is 5.41. The predicted molar refractivity (Wildman–Crippen MR) is 117 cm³/mol. The highest BCUT2D eigenvalue weighted by Gasteiger charge is 2.15. The second kappa shape index (κ2) is 7.97. The van der Waals surface area contributed by atoms with Crippen LogP contribution in [-0.4, -0.2) is 34.3 Å².